The first-order valence-corrected chi connectivity index (χ1v) is 10.1. The predicted octanol–water partition coefficient (Wildman–Crippen LogP) is 3.81. The van der Waals surface area contributed by atoms with E-state index in [9.17, 15) is 9.59 Å². The second kappa shape index (κ2) is 8.08. The van der Waals surface area contributed by atoms with Gasteiger partial charge in [-0.1, -0.05) is 43.8 Å². The lowest BCUT2D eigenvalue weighted by Crippen LogP contribution is -2.22. The molecule has 3 rings (SSSR count). The van der Waals surface area contributed by atoms with Crippen LogP contribution in [0.2, 0.25) is 0 Å². The molecule has 0 radical (unpaired) electrons. The van der Waals surface area contributed by atoms with Crippen LogP contribution in [-0.4, -0.2) is 21.6 Å². The predicted molar refractivity (Wildman–Crippen MR) is 106 cm³/mol. The molecule has 0 spiro atoms. The molecular weight excluding hydrogens is 346 g/mol. The molecule has 26 heavy (non-hydrogen) atoms. The van der Waals surface area contributed by atoms with E-state index in [1.54, 1.807) is 0 Å². The minimum atomic E-state index is -0.0911. The zero-order valence-electron chi connectivity index (χ0n) is 15.5. The largest absolute Gasteiger partial charge is 0.325 e. The van der Waals surface area contributed by atoms with Crippen LogP contribution in [0.15, 0.2) is 28.2 Å². The standard InChI is InChI=1S/C20H25N3O2S/c1-12(2)14-9-6-7-13(3)18(14)22-17(24)11-26-20-21-16-10-5-4-8-15(16)19(25)23-20/h6-7,9,12H,4-5,8,10-11H2,1-3H3,(H,22,24)(H,21,23,25). The molecule has 0 atom stereocenters. The summed E-state index contributed by atoms with van der Waals surface area (Å²) in [6, 6.07) is 6.05. The molecule has 5 nitrogen and oxygen atoms in total. The molecule has 1 amide bonds. The molecule has 1 aromatic carbocycles. The van der Waals surface area contributed by atoms with Gasteiger partial charge in [0, 0.05) is 11.3 Å². The number of aryl methyl sites for hydroxylation is 2. The van der Waals surface area contributed by atoms with Crippen molar-refractivity contribution in [3.8, 4) is 0 Å². The molecule has 1 aliphatic rings. The van der Waals surface area contributed by atoms with Gasteiger partial charge in [-0.3, -0.25) is 9.59 Å². The third-order valence-corrected chi connectivity index (χ3v) is 5.57. The normalized spacial score (nSPS) is 13.5. The molecule has 0 saturated carbocycles. The number of hydrogen-bond acceptors (Lipinski definition) is 4. The van der Waals surface area contributed by atoms with Crippen molar-refractivity contribution in [2.24, 2.45) is 0 Å². The molecule has 0 aliphatic heterocycles. The van der Waals surface area contributed by atoms with Crippen molar-refractivity contribution in [3.05, 3.63) is 50.9 Å². The van der Waals surface area contributed by atoms with Crippen LogP contribution in [-0.2, 0) is 17.6 Å². The van der Waals surface area contributed by atoms with Gasteiger partial charge in [0.15, 0.2) is 5.16 Å². The monoisotopic (exact) mass is 371 g/mol. The lowest BCUT2D eigenvalue weighted by Gasteiger charge is -2.16. The van der Waals surface area contributed by atoms with Crippen LogP contribution in [0.4, 0.5) is 5.69 Å². The lowest BCUT2D eigenvalue weighted by atomic mass is 9.97. The highest BCUT2D eigenvalue weighted by Crippen LogP contribution is 2.28. The van der Waals surface area contributed by atoms with Gasteiger partial charge in [-0.25, -0.2) is 4.98 Å². The smallest absolute Gasteiger partial charge is 0.254 e. The van der Waals surface area contributed by atoms with Gasteiger partial charge in [0.2, 0.25) is 5.91 Å². The van der Waals surface area contributed by atoms with Crippen LogP contribution in [0.5, 0.6) is 0 Å². The van der Waals surface area contributed by atoms with Crippen LogP contribution >= 0.6 is 11.8 Å². The number of rotatable bonds is 5. The Morgan fingerprint density at radius 3 is 2.85 bits per heavy atom. The van der Waals surface area contributed by atoms with Crippen LogP contribution in [0.3, 0.4) is 0 Å². The molecule has 1 aliphatic carbocycles. The number of anilines is 1. The number of hydrogen-bond donors (Lipinski definition) is 2. The van der Waals surface area contributed by atoms with Gasteiger partial charge in [0.1, 0.15) is 0 Å². The average molecular weight is 372 g/mol. The number of fused-ring (bicyclic) bond motifs is 1. The van der Waals surface area contributed by atoms with E-state index in [4.69, 9.17) is 0 Å². The first kappa shape index (κ1) is 18.7. The summed E-state index contributed by atoms with van der Waals surface area (Å²) < 4.78 is 0. The fourth-order valence-electron chi connectivity index (χ4n) is 3.30. The summed E-state index contributed by atoms with van der Waals surface area (Å²) in [7, 11) is 0. The van der Waals surface area contributed by atoms with Gasteiger partial charge in [-0.05, 0) is 49.7 Å². The summed E-state index contributed by atoms with van der Waals surface area (Å²) in [6.45, 7) is 6.22. The topological polar surface area (TPSA) is 74.8 Å². The third-order valence-electron chi connectivity index (χ3n) is 4.70. The highest BCUT2D eigenvalue weighted by Gasteiger charge is 2.17. The Morgan fingerprint density at radius 2 is 2.08 bits per heavy atom. The molecule has 0 fully saturated rings. The van der Waals surface area contributed by atoms with E-state index >= 15 is 0 Å². The Morgan fingerprint density at radius 1 is 1.31 bits per heavy atom. The van der Waals surface area contributed by atoms with Crippen molar-refractivity contribution in [1.82, 2.24) is 9.97 Å². The Bertz CT molecular complexity index is 874. The van der Waals surface area contributed by atoms with Gasteiger partial charge < -0.3 is 10.3 Å². The van der Waals surface area contributed by atoms with Crippen LogP contribution in [0, 0.1) is 6.92 Å². The fourth-order valence-corrected chi connectivity index (χ4v) is 3.98. The number of para-hydroxylation sites is 1. The zero-order chi connectivity index (χ0) is 18.7. The summed E-state index contributed by atoms with van der Waals surface area (Å²) in [5.74, 6) is 0.455. The number of aromatic nitrogens is 2. The summed E-state index contributed by atoms with van der Waals surface area (Å²) in [6.07, 6.45) is 3.76. The summed E-state index contributed by atoms with van der Waals surface area (Å²) in [5.41, 5.74) is 4.72. The number of H-pyrrole nitrogens is 1. The second-order valence-corrected chi connectivity index (χ2v) is 8.00. The molecule has 1 aromatic heterocycles. The lowest BCUT2D eigenvalue weighted by molar-refractivity contribution is -0.113. The van der Waals surface area contributed by atoms with Gasteiger partial charge in [0.25, 0.3) is 5.56 Å². The first-order valence-electron chi connectivity index (χ1n) is 9.10. The van der Waals surface area contributed by atoms with Crippen molar-refractivity contribution >= 4 is 23.4 Å². The van der Waals surface area contributed by atoms with Gasteiger partial charge in [-0.15, -0.1) is 0 Å². The van der Waals surface area contributed by atoms with Crippen LogP contribution < -0.4 is 10.9 Å². The Labute approximate surface area is 158 Å². The average Bonchev–Trinajstić information content (AvgIpc) is 2.61. The summed E-state index contributed by atoms with van der Waals surface area (Å²) >= 11 is 1.28. The number of nitrogens with zero attached hydrogens (tertiary/aromatic N) is 1. The zero-order valence-corrected chi connectivity index (χ0v) is 16.3. The first-order chi connectivity index (χ1) is 12.5. The van der Waals surface area contributed by atoms with Crippen LogP contribution in [0.1, 0.15) is 55.0 Å². The molecule has 2 N–H and O–H groups in total. The molecule has 6 heteroatoms. The third kappa shape index (κ3) is 4.18. The highest BCUT2D eigenvalue weighted by molar-refractivity contribution is 7.99. The summed E-state index contributed by atoms with van der Waals surface area (Å²) in [4.78, 5) is 32.0. The molecule has 138 valence electrons. The van der Waals surface area contributed by atoms with E-state index in [-0.39, 0.29) is 17.2 Å². The number of thioether (sulfide) groups is 1. The molecule has 0 bridgehead atoms. The Balaban J connectivity index is 1.69. The van der Waals surface area contributed by atoms with Crippen molar-refractivity contribution in [1.29, 1.82) is 0 Å². The van der Waals surface area contributed by atoms with Gasteiger partial charge >= 0.3 is 0 Å². The SMILES string of the molecule is Cc1cccc(C(C)C)c1NC(=O)CSc1nc2c(c(=O)[nH]1)CCCC2. The van der Waals surface area contributed by atoms with E-state index in [0.717, 1.165) is 53.8 Å². The molecule has 0 unspecified atom stereocenters. The maximum absolute atomic E-state index is 12.4. The number of nitrogens with one attached hydrogen (secondary N) is 2. The molecule has 0 saturated heterocycles. The van der Waals surface area contributed by atoms with Crippen molar-refractivity contribution in [3.63, 3.8) is 0 Å². The molecule has 2 aromatic rings. The van der Waals surface area contributed by atoms with Gasteiger partial charge in [0.05, 0.1) is 11.4 Å². The van der Waals surface area contributed by atoms with E-state index in [2.05, 4.69) is 29.1 Å². The minimum absolute atomic E-state index is 0.0568. The number of carbonyl (C=O) groups excluding carboxylic acids is 1. The maximum Gasteiger partial charge on any atom is 0.254 e. The summed E-state index contributed by atoms with van der Waals surface area (Å²) in [5, 5.41) is 3.56. The minimum Gasteiger partial charge on any atom is -0.325 e. The van der Waals surface area contributed by atoms with Gasteiger partial charge in [-0.2, -0.15) is 0 Å². The quantitative estimate of drug-likeness (QED) is 0.619. The number of aromatic amines is 1. The second-order valence-electron chi connectivity index (χ2n) is 7.03. The van der Waals surface area contributed by atoms with E-state index < -0.39 is 0 Å². The molecular formula is C20H25N3O2S. The van der Waals surface area contributed by atoms with E-state index in [0.29, 0.717) is 11.1 Å². The maximum atomic E-state index is 12.4. The Kier molecular flexibility index (Phi) is 5.81. The van der Waals surface area contributed by atoms with Crippen molar-refractivity contribution in [2.75, 3.05) is 11.1 Å². The van der Waals surface area contributed by atoms with E-state index in [1.807, 2.05) is 25.1 Å². The Hall–Kier alpha value is -2.08. The number of benzene rings is 1. The highest BCUT2D eigenvalue weighted by atomic mass is 32.2. The van der Waals surface area contributed by atoms with Crippen LogP contribution in [0.25, 0.3) is 0 Å². The van der Waals surface area contributed by atoms with E-state index in [1.165, 1.54) is 11.8 Å². The number of carbonyl (C=O) groups is 1. The fraction of sp³-hybridized carbons (Fsp3) is 0.450. The van der Waals surface area contributed by atoms with Crippen molar-refractivity contribution in [2.45, 2.75) is 57.5 Å². The molecule has 1 heterocycles. The number of amides is 1. The van der Waals surface area contributed by atoms with Crippen molar-refractivity contribution < 1.29 is 4.79 Å².